The molecular formula is C16H22N2O2. The largest absolute Gasteiger partial charge is 0.391 e. The van der Waals surface area contributed by atoms with Crippen molar-refractivity contribution in [3.63, 3.8) is 0 Å². The van der Waals surface area contributed by atoms with E-state index in [4.69, 9.17) is 0 Å². The Morgan fingerprint density at radius 2 is 2.10 bits per heavy atom. The molecule has 1 aromatic carbocycles. The van der Waals surface area contributed by atoms with Crippen LogP contribution in [0.5, 0.6) is 0 Å². The number of nitrogens with one attached hydrogen (secondary N) is 2. The summed E-state index contributed by atoms with van der Waals surface area (Å²) in [5, 5.41) is 13.6. The molecule has 0 saturated carbocycles. The van der Waals surface area contributed by atoms with Crippen molar-refractivity contribution in [3.8, 4) is 0 Å². The molecule has 1 amide bonds. The van der Waals surface area contributed by atoms with Gasteiger partial charge in [-0.15, -0.1) is 0 Å². The number of aromatic nitrogens is 1. The molecule has 108 valence electrons. The van der Waals surface area contributed by atoms with Crippen LogP contribution in [0.4, 0.5) is 0 Å². The minimum Gasteiger partial charge on any atom is -0.391 e. The number of H-pyrrole nitrogens is 1. The molecule has 2 aromatic rings. The summed E-state index contributed by atoms with van der Waals surface area (Å²) in [6.45, 7) is 4.42. The predicted octanol–water partition coefficient (Wildman–Crippen LogP) is 2.23. The topological polar surface area (TPSA) is 65.1 Å². The Labute approximate surface area is 119 Å². The maximum atomic E-state index is 11.9. The first-order valence-corrected chi connectivity index (χ1v) is 7.06. The maximum Gasteiger partial charge on any atom is 0.224 e. The van der Waals surface area contributed by atoms with Crippen LogP contribution in [-0.2, 0) is 11.2 Å². The number of hydrogen-bond acceptors (Lipinski definition) is 2. The molecule has 1 aromatic heterocycles. The molecule has 0 aliphatic carbocycles. The zero-order chi connectivity index (χ0) is 14.5. The highest BCUT2D eigenvalue weighted by atomic mass is 16.3. The normalized spacial score (nSPS) is 12.8. The molecule has 1 heterocycles. The number of hydrogen-bond donors (Lipinski definition) is 3. The van der Waals surface area contributed by atoms with Gasteiger partial charge < -0.3 is 15.4 Å². The first-order valence-electron chi connectivity index (χ1n) is 7.06. The van der Waals surface area contributed by atoms with Crippen LogP contribution in [-0.4, -0.2) is 28.6 Å². The lowest BCUT2D eigenvalue weighted by Gasteiger charge is -2.13. The Balaban J connectivity index is 1.88. The maximum absolute atomic E-state index is 11.9. The van der Waals surface area contributed by atoms with Crippen LogP contribution >= 0.6 is 0 Å². The quantitative estimate of drug-likeness (QED) is 0.756. The van der Waals surface area contributed by atoms with Crippen LogP contribution in [0.25, 0.3) is 10.9 Å². The Kier molecular flexibility index (Phi) is 4.79. The summed E-state index contributed by atoms with van der Waals surface area (Å²) in [6, 6.07) is 7.92. The molecule has 0 radical (unpaired) electrons. The lowest BCUT2D eigenvalue weighted by atomic mass is 10.1. The first-order chi connectivity index (χ1) is 9.56. The standard InChI is InChI=1S/C16H22N2O2/c1-11(2)7-13(19)10-18-16(20)8-12-9-17-15-6-4-3-5-14(12)15/h3-6,9,11,13,17,19H,7-8,10H2,1-2H3,(H,18,20). The second kappa shape index (κ2) is 6.57. The lowest BCUT2D eigenvalue weighted by Crippen LogP contribution is -2.33. The van der Waals surface area contributed by atoms with E-state index in [1.165, 1.54) is 0 Å². The van der Waals surface area contributed by atoms with Crippen LogP contribution < -0.4 is 5.32 Å². The fourth-order valence-electron chi connectivity index (χ4n) is 2.37. The van der Waals surface area contributed by atoms with Gasteiger partial charge in [-0.2, -0.15) is 0 Å². The fraction of sp³-hybridized carbons (Fsp3) is 0.438. The monoisotopic (exact) mass is 274 g/mol. The highest BCUT2D eigenvalue weighted by Crippen LogP contribution is 2.17. The van der Waals surface area contributed by atoms with Crippen LogP contribution in [0.1, 0.15) is 25.8 Å². The zero-order valence-electron chi connectivity index (χ0n) is 12.0. The van der Waals surface area contributed by atoms with E-state index in [0.717, 1.165) is 16.5 Å². The average molecular weight is 274 g/mol. The number of aromatic amines is 1. The van der Waals surface area contributed by atoms with E-state index in [1.807, 2.05) is 30.5 Å². The van der Waals surface area contributed by atoms with Gasteiger partial charge in [0.25, 0.3) is 0 Å². The Bertz CT molecular complexity index is 575. The van der Waals surface area contributed by atoms with Gasteiger partial charge in [0.1, 0.15) is 0 Å². The first kappa shape index (κ1) is 14.6. The van der Waals surface area contributed by atoms with Crippen LogP contribution in [0.15, 0.2) is 30.5 Å². The highest BCUT2D eigenvalue weighted by molar-refractivity contribution is 5.88. The summed E-state index contributed by atoms with van der Waals surface area (Å²) in [4.78, 5) is 15.1. The van der Waals surface area contributed by atoms with Gasteiger partial charge in [-0.1, -0.05) is 32.0 Å². The van der Waals surface area contributed by atoms with E-state index in [9.17, 15) is 9.90 Å². The second-order valence-corrected chi connectivity index (χ2v) is 5.62. The van der Waals surface area contributed by atoms with E-state index in [0.29, 0.717) is 25.3 Å². The van der Waals surface area contributed by atoms with Gasteiger partial charge in [0.05, 0.1) is 12.5 Å². The Morgan fingerprint density at radius 1 is 1.35 bits per heavy atom. The number of benzene rings is 1. The number of carbonyl (C=O) groups is 1. The zero-order valence-corrected chi connectivity index (χ0v) is 12.0. The van der Waals surface area contributed by atoms with Gasteiger partial charge in [0.15, 0.2) is 0 Å². The highest BCUT2D eigenvalue weighted by Gasteiger charge is 2.11. The molecule has 0 spiro atoms. The number of aliphatic hydroxyl groups excluding tert-OH is 1. The molecule has 1 unspecified atom stereocenters. The molecule has 1 atom stereocenters. The number of aliphatic hydroxyl groups is 1. The lowest BCUT2D eigenvalue weighted by molar-refractivity contribution is -0.120. The van der Waals surface area contributed by atoms with Gasteiger partial charge in [0, 0.05) is 23.6 Å². The van der Waals surface area contributed by atoms with E-state index >= 15 is 0 Å². The van der Waals surface area contributed by atoms with Gasteiger partial charge >= 0.3 is 0 Å². The molecule has 0 aliphatic heterocycles. The van der Waals surface area contributed by atoms with Gasteiger partial charge in [-0.3, -0.25) is 4.79 Å². The SMILES string of the molecule is CC(C)CC(O)CNC(=O)Cc1c[nH]c2ccccc12. The average Bonchev–Trinajstić information content (AvgIpc) is 2.79. The smallest absolute Gasteiger partial charge is 0.224 e. The summed E-state index contributed by atoms with van der Waals surface area (Å²) in [5.74, 6) is 0.369. The van der Waals surface area contributed by atoms with Crippen LogP contribution in [0.3, 0.4) is 0 Å². The van der Waals surface area contributed by atoms with E-state index in [1.54, 1.807) is 0 Å². The van der Waals surface area contributed by atoms with Gasteiger partial charge in [-0.25, -0.2) is 0 Å². The molecule has 0 saturated heterocycles. The minimum absolute atomic E-state index is 0.0578. The molecule has 2 rings (SSSR count). The van der Waals surface area contributed by atoms with E-state index in [-0.39, 0.29) is 5.91 Å². The molecule has 4 heteroatoms. The molecular weight excluding hydrogens is 252 g/mol. The summed E-state index contributed by atoms with van der Waals surface area (Å²) in [6.07, 6.45) is 2.43. The summed E-state index contributed by atoms with van der Waals surface area (Å²) >= 11 is 0. The Morgan fingerprint density at radius 3 is 2.85 bits per heavy atom. The van der Waals surface area contributed by atoms with Crippen molar-refractivity contribution >= 4 is 16.8 Å². The summed E-state index contributed by atoms with van der Waals surface area (Å²) in [5.41, 5.74) is 2.02. The molecule has 20 heavy (non-hydrogen) atoms. The third-order valence-corrected chi connectivity index (χ3v) is 3.30. The number of fused-ring (bicyclic) bond motifs is 1. The van der Waals surface area contributed by atoms with E-state index < -0.39 is 6.10 Å². The fourth-order valence-corrected chi connectivity index (χ4v) is 2.37. The predicted molar refractivity (Wildman–Crippen MR) is 80.5 cm³/mol. The van der Waals surface area contributed by atoms with Crippen molar-refractivity contribution in [2.24, 2.45) is 5.92 Å². The number of para-hydroxylation sites is 1. The summed E-state index contributed by atoms with van der Waals surface area (Å²) < 4.78 is 0. The molecule has 0 aliphatic rings. The third kappa shape index (κ3) is 3.84. The molecule has 4 nitrogen and oxygen atoms in total. The van der Waals surface area contributed by atoms with Crippen molar-refractivity contribution < 1.29 is 9.90 Å². The van der Waals surface area contributed by atoms with Crippen molar-refractivity contribution in [1.29, 1.82) is 0 Å². The van der Waals surface area contributed by atoms with Gasteiger partial charge in [0.2, 0.25) is 5.91 Å². The van der Waals surface area contributed by atoms with E-state index in [2.05, 4.69) is 24.1 Å². The Hall–Kier alpha value is -1.81. The van der Waals surface area contributed by atoms with Crippen molar-refractivity contribution in [3.05, 3.63) is 36.0 Å². The summed E-state index contributed by atoms with van der Waals surface area (Å²) in [7, 11) is 0. The van der Waals surface area contributed by atoms with Crippen LogP contribution in [0.2, 0.25) is 0 Å². The second-order valence-electron chi connectivity index (χ2n) is 5.62. The van der Waals surface area contributed by atoms with Crippen LogP contribution in [0, 0.1) is 5.92 Å². The molecule has 3 N–H and O–H groups in total. The van der Waals surface area contributed by atoms with Crippen molar-refractivity contribution in [1.82, 2.24) is 10.3 Å². The van der Waals surface area contributed by atoms with Crippen molar-refractivity contribution in [2.45, 2.75) is 32.8 Å². The molecule has 0 fully saturated rings. The number of rotatable bonds is 6. The molecule has 0 bridgehead atoms. The van der Waals surface area contributed by atoms with Gasteiger partial charge in [-0.05, 0) is 24.0 Å². The minimum atomic E-state index is -0.470. The van der Waals surface area contributed by atoms with Crippen molar-refractivity contribution in [2.75, 3.05) is 6.54 Å². The third-order valence-electron chi connectivity index (χ3n) is 3.30. The number of carbonyl (C=O) groups excluding carboxylic acids is 1. The number of amides is 1.